The van der Waals surface area contributed by atoms with Gasteiger partial charge < -0.3 is 5.32 Å². The fraction of sp³-hybridized carbons (Fsp3) is 0.154. The van der Waals surface area contributed by atoms with Crippen molar-refractivity contribution in [1.29, 1.82) is 0 Å². The van der Waals surface area contributed by atoms with Gasteiger partial charge in [0.1, 0.15) is 10.9 Å². The van der Waals surface area contributed by atoms with Crippen LogP contribution in [0, 0.1) is 13.8 Å². The number of rotatable bonds is 7. The van der Waals surface area contributed by atoms with Crippen molar-refractivity contribution in [1.82, 2.24) is 9.71 Å². The predicted molar refractivity (Wildman–Crippen MR) is 131 cm³/mol. The smallest absolute Gasteiger partial charge is 0.243 e. The molecule has 0 aliphatic carbocycles. The highest BCUT2D eigenvalue weighted by Gasteiger charge is 2.28. The van der Waals surface area contributed by atoms with Crippen LogP contribution in [0.4, 0.5) is 5.69 Å². The number of para-hydroxylation sites is 2. The van der Waals surface area contributed by atoms with Crippen LogP contribution in [0.3, 0.4) is 0 Å². The van der Waals surface area contributed by atoms with Crippen LogP contribution in [0.25, 0.3) is 10.9 Å². The molecule has 0 fully saturated rings. The largest absolute Gasteiger partial charge is 0.324 e. The molecule has 2 N–H and O–H groups in total. The molecule has 0 saturated carbocycles. The fourth-order valence-corrected chi connectivity index (χ4v) is 5.18. The molecule has 1 amide bonds. The molecule has 4 rings (SSSR count). The first kappa shape index (κ1) is 22.6. The highest BCUT2D eigenvalue weighted by Crippen LogP contribution is 2.23. The van der Waals surface area contributed by atoms with Gasteiger partial charge in [-0.2, -0.15) is 4.72 Å². The van der Waals surface area contributed by atoms with E-state index < -0.39 is 22.0 Å². The Balaban J connectivity index is 1.69. The Hall–Kier alpha value is -3.55. The molecule has 0 bridgehead atoms. The molecule has 4 aromatic rings. The van der Waals surface area contributed by atoms with Crippen molar-refractivity contribution in [2.24, 2.45) is 0 Å². The second-order valence-corrected chi connectivity index (χ2v) is 9.63. The normalized spacial score (nSPS) is 12.4. The number of anilines is 1. The van der Waals surface area contributed by atoms with Gasteiger partial charge in [-0.1, -0.05) is 66.7 Å². The quantitative estimate of drug-likeness (QED) is 0.429. The molecule has 0 radical (unpaired) electrons. The van der Waals surface area contributed by atoms with Crippen molar-refractivity contribution in [3.8, 4) is 0 Å². The topological polar surface area (TPSA) is 88.2 Å². The van der Waals surface area contributed by atoms with Gasteiger partial charge in [0.15, 0.2) is 0 Å². The van der Waals surface area contributed by atoms with E-state index in [0.717, 1.165) is 16.7 Å². The molecule has 6 nitrogen and oxygen atoms in total. The third-order valence-electron chi connectivity index (χ3n) is 5.51. The number of nitrogens with zero attached hydrogens (tertiary/aromatic N) is 1. The molecule has 33 heavy (non-hydrogen) atoms. The summed E-state index contributed by atoms with van der Waals surface area (Å²) < 4.78 is 29.4. The molecule has 0 saturated heterocycles. The predicted octanol–water partition coefficient (Wildman–Crippen LogP) is 4.38. The van der Waals surface area contributed by atoms with Crippen LogP contribution in [0.15, 0.2) is 90.0 Å². The van der Waals surface area contributed by atoms with E-state index in [1.807, 2.05) is 62.4 Å². The van der Waals surface area contributed by atoms with Crippen LogP contribution in [-0.4, -0.2) is 25.4 Å². The van der Waals surface area contributed by atoms with Gasteiger partial charge in [-0.15, -0.1) is 0 Å². The van der Waals surface area contributed by atoms with Crippen molar-refractivity contribution >= 4 is 32.5 Å². The Morgan fingerprint density at radius 2 is 1.55 bits per heavy atom. The average Bonchev–Trinajstić information content (AvgIpc) is 2.81. The highest BCUT2D eigenvalue weighted by atomic mass is 32.2. The molecule has 1 heterocycles. The molecule has 1 atom stereocenters. The molecule has 1 aromatic heterocycles. The van der Waals surface area contributed by atoms with E-state index in [-0.39, 0.29) is 11.3 Å². The van der Waals surface area contributed by atoms with Crippen LogP contribution in [0.5, 0.6) is 0 Å². The van der Waals surface area contributed by atoms with Gasteiger partial charge in [0.2, 0.25) is 15.9 Å². The van der Waals surface area contributed by atoms with Crippen LogP contribution >= 0.6 is 0 Å². The summed E-state index contributed by atoms with van der Waals surface area (Å²) in [6.45, 7) is 3.81. The molecular formula is C26H25N3O3S. The Morgan fingerprint density at radius 3 is 2.27 bits per heavy atom. The Morgan fingerprint density at radius 1 is 0.879 bits per heavy atom. The maximum atomic E-state index is 13.4. The third kappa shape index (κ3) is 5.10. The minimum atomic E-state index is -4.04. The number of carbonyl (C=O) groups excluding carboxylic acids is 1. The zero-order valence-corrected chi connectivity index (χ0v) is 19.3. The lowest BCUT2D eigenvalue weighted by molar-refractivity contribution is -0.117. The standard InChI is InChI=1S/C26H25N3O3S/c1-18-9-6-10-19(2)24(18)28-26(30)22(17-20-11-4-3-5-12-20)29-33(31,32)23-15-7-13-21-14-8-16-27-25(21)23/h3-16,22,29H,17H2,1-2H3,(H,28,30)/t22-/m0/s1. The molecule has 0 aliphatic rings. The van der Waals surface area contributed by atoms with Crippen molar-refractivity contribution in [3.05, 3.63) is 102 Å². The third-order valence-corrected chi connectivity index (χ3v) is 7.01. The average molecular weight is 460 g/mol. The van der Waals surface area contributed by atoms with E-state index >= 15 is 0 Å². The minimum Gasteiger partial charge on any atom is -0.324 e. The van der Waals surface area contributed by atoms with Crippen LogP contribution in [0.1, 0.15) is 16.7 Å². The number of pyridine rings is 1. The van der Waals surface area contributed by atoms with Crippen LogP contribution < -0.4 is 10.0 Å². The second kappa shape index (κ2) is 9.52. The van der Waals surface area contributed by atoms with Gasteiger partial charge in [0.25, 0.3) is 0 Å². The van der Waals surface area contributed by atoms with E-state index in [0.29, 0.717) is 16.6 Å². The number of sulfonamides is 1. The number of aryl methyl sites for hydroxylation is 2. The monoisotopic (exact) mass is 459 g/mol. The molecular weight excluding hydrogens is 434 g/mol. The van der Waals surface area contributed by atoms with E-state index in [1.54, 1.807) is 30.5 Å². The first-order chi connectivity index (χ1) is 15.8. The first-order valence-corrected chi connectivity index (χ1v) is 12.1. The number of nitrogens with one attached hydrogen (secondary N) is 2. The lowest BCUT2D eigenvalue weighted by atomic mass is 10.0. The number of benzene rings is 3. The highest BCUT2D eigenvalue weighted by molar-refractivity contribution is 7.89. The summed E-state index contributed by atoms with van der Waals surface area (Å²) in [6.07, 6.45) is 1.76. The van der Waals surface area contributed by atoms with Gasteiger partial charge in [-0.05, 0) is 49.1 Å². The summed E-state index contributed by atoms with van der Waals surface area (Å²) in [5.41, 5.74) is 3.71. The van der Waals surface area contributed by atoms with Gasteiger partial charge in [-0.25, -0.2) is 8.42 Å². The van der Waals surface area contributed by atoms with E-state index in [2.05, 4.69) is 15.0 Å². The number of hydrogen-bond acceptors (Lipinski definition) is 4. The van der Waals surface area contributed by atoms with Crippen LogP contribution in [0.2, 0.25) is 0 Å². The molecule has 0 unspecified atom stereocenters. The maximum Gasteiger partial charge on any atom is 0.243 e. The summed E-state index contributed by atoms with van der Waals surface area (Å²) in [6, 6.07) is 22.6. The van der Waals surface area contributed by atoms with Crippen LogP contribution in [-0.2, 0) is 21.2 Å². The number of amides is 1. The second-order valence-electron chi connectivity index (χ2n) is 7.95. The molecule has 3 aromatic carbocycles. The first-order valence-electron chi connectivity index (χ1n) is 10.6. The lowest BCUT2D eigenvalue weighted by Gasteiger charge is -2.20. The maximum absolute atomic E-state index is 13.4. The molecule has 0 spiro atoms. The number of hydrogen-bond donors (Lipinski definition) is 2. The molecule has 7 heteroatoms. The summed E-state index contributed by atoms with van der Waals surface area (Å²) >= 11 is 0. The van der Waals surface area contributed by atoms with Crippen molar-refractivity contribution in [2.75, 3.05) is 5.32 Å². The number of carbonyl (C=O) groups is 1. The zero-order valence-electron chi connectivity index (χ0n) is 18.4. The Labute approximate surface area is 193 Å². The van der Waals surface area contributed by atoms with Gasteiger partial charge in [-0.3, -0.25) is 9.78 Å². The molecule has 168 valence electrons. The Bertz CT molecular complexity index is 1380. The van der Waals surface area contributed by atoms with Crippen molar-refractivity contribution < 1.29 is 13.2 Å². The number of aromatic nitrogens is 1. The molecule has 0 aliphatic heterocycles. The van der Waals surface area contributed by atoms with E-state index in [9.17, 15) is 13.2 Å². The SMILES string of the molecule is Cc1cccc(C)c1NC(=O)[C@H](Cc1ccccc1)NS(=O)(=O)c1cccc2cccnc12. The Kier molecular flexibility index (Phi) is 6.53. The van der Waals surface area contributed by atoms with Gasteiger partial charge >= 0.3 is 0 Å². The van der Waals surface area contributed by atoms with Crippen molar-refractivity contribution in [2.45, 2.75) is 31.2 Å². The summed E-state index contributed by atoms with van der Waals surface area (Å²) in [5, 5.41) is 3.64. The zero-order chi connectivity index (χ0) is 23.4. The minimum absolute atomic E-state index is 0.0403. The summed E-state index contributed by atoms with van der Waals surface area (Å²) in [4.78, 5) is 17.6. The number of fused-ring (bicyclic) bond motifs is 1. The van der Waals surface area contributed by atoms with Gasteiger partial charge in [0, 0.05) is 17.3 Å². The van der Waals surface area contributed by atoms with E-state index in [4.69, 9.17) is 0 Å². The van der Waals surface area contributed by atoms with Gasteiger partial charge in [0.05, 0.1) is 5.52 Å². The van der Waals surface area contributed by atoms with Crippen molar-refractivity contribution in [3.63, 3.8) is 0 Å². The summed E-state index contributed by atoms with van der Waals surface area (Å²) in [7, 11) is -4.04. The fourth-order valence-electron chi connectivity index (χ4n) is 3.80. The van der Waals surface area contributed by atoms with E-state index in [1.165, 1.54) is 6.07 Å². The lowest BCUT2D eigenvalue weighted by Crippen LogP contribution is -2.45. The summed E-state index contributed by atoms with van der Waals surface area (Å²) in [5.74, 6) is -0.423.